The molecular formula is C27H30ClF2N2O9PS. The van der Waals surface area contributed by atoms with Crippen LogP contribution in [0.2, 0.25) is 0 Å². The number of alkyl halides is 2. The Morgan fingerprint density at radius 2 is 1.88 bits per heavy atom. The number of ketones is 1. The molecule has 1 amide bonds. The Bertz CT molecular complexity index is 1480. The number of amides is 1. The van der Waals surface area contributed by atoms with Crippen molar-refractivity contribution in [1.29, 1.82) is 0 Å². The summed E-state index contributed by atoms with van der Waals surface area (Å²) in [6.45, 7) is -0.357. The number of aliphatic hydroxyl groups excluding tert-OH is 2. The van der Waals surface area contributed by atoms with Crippen LogP contribution in [0.5, 0.6) is 5.75 Å². The molecule has 3 N–H and O–H groups in total. The molecule has 1 saturated heterocycles. The SMILES string of the molecule is CC(C)OC(=O)[C@H](C)NP(=S)(OC[C@@]1(C(F)F)O[C@@H](N2C=C(Cl)C(=O)CC2=O)[C@H](O)[C@H]1O)Oc1ccc2ccccc2c1. The second-order valence-electron chi connectivity index (χ2n) is 10.3. The first kappa shape index (κ1) is 33.3. The van der Waals surface area contributed by atoms with E-state index in [1.807, 2.05) is 18.2 Å². The standard InChI is InChI=1S/C27H30ClF2N2O9PS/c1-14(2)39-25(37)15(3)31-42(43,41-18-9-8-16-6-4-5-7-17(16)10-18)38-13-27(26(29)30)23(36)22(35)24(40-27)32-12-19(28)20(33)11-21(32)34/h4-10,12,14-15,22-24,26,35-36H,11,13H2,1-3H3,(H,31,43)/t15-,22+,23+,24+,27+,42?/m0/s1. The molecule has 4 rings (SSSR count). The molecule has 2 aliphatic heterocycles. The summed E-state index contributed by atoms with van der Waals surface area (Å²) >= 11 is 11.5. The molecule has 2 aromatic rings. The number of benzene rings is 2. The van der Waals surface area contributed by atoms with Crippen LogP contribution in [-0.2, 0) is 40.2 Å². The lowest BCUT2D eigenvalue weighted by atomic mass is 9.96. The van der Waals surface area contributed by atoms with Gasteiger partial charge in [-0.15, -0.1) is 0 Å². The van der Waals surface area contributed by atoms with E-state index < -0.39 is 79.9 Å². The average Bonchev–Trinajstić information content (AvgIpc) is 3.19. The van der Waals surface area contributed by atoms with Crippen LogP contribution in [0.25, 0.3) is 10.8 Å². The number of carbonyl (C=O) groups excluding carboxylic acids is 3. The summed E-state index contributed by atoms with van der Waals surface area (Å²) in [5, 5.41) is 25.5. The van der Waals surface area contributed by atoms with Gasteiger partial charge < -0.3 is 28.7 Å². The van der Waals surface area contributed by atoms with Crippen molar-refractivity contribution in [2.45, 2.75) is 69.8 Å². The van der Waals surface area contributed by atoms with Gasteiger partial charge in [0.2, 0.25) is 5.91 Å². The molecule has 2 aliphatic rings. The summed E-state index contributed by atoms with van der Waals surface area (Å²) in [5.41, 5.74) is -2.91. The maximum absolute atomic E-state index is 14.7. The minimum Gasteiger partial charge on any atom is -0.462 e. The highest BCUT2D eigenvalue weighted by Gasteiger charge is 2.62. The zero-order valence-electron chi connectivity index (χ0n) is 23.2. The lowest BCUT2D eigenvalue weighted by molar-refractivity contribution is -0.199. The molecule has 2 heterocycles. The highest BCUT2D eigenvalue weighted by atomic mass is 35.5. The van der Waals surface area contributed by atoms with E-state index in [1.165, 1.54) is 6.92 Å². The topological polar surface area (TPSA) is 144 Å². The van der Waals surface area contributed by atoms with Crippen molar-refractivity contribution in [3.05, 3.63) is 53.7 Å². The molecule has 1 unspecified atom stereocenters. The zero-order valence-corrected chi connectivity index (χ0v) is 25.7. The van der Waals surface area contributed by atoms with Gasteiger partial charge in [0.05, 0.1) is 19.1 Å². The number of halogens is 3. The molecule has 16 heteroatoms. The van der Waals surface area contributed by atoms with Crippen LogP contribution < -0.4 is 9.61 Å². The number of allylic oxidation sites excluding steroid dienone is 1. The molecule has 234 valence electrons. The minimum absolute atomic E-state index is 0.194. The fraction of sp³-hybridized carbons (Fsp3) is 0.444. The number of ether oxygens (including phenoxy) is 2. The highest BCUT2D eigenvalue weighted by Crippen LogP contribution is 2.49. The summed E-state index contributed by atoms with van der Waals surface area (Å²) in [6.07, 6.45) is -9.97. The highest BCUT2D eigenvalue weighted by molar-refractivity contribution is 8.09. The third-order valence-corrected chi connectivity index (χ3v) is 9.47. The second-order valence-corrected chi connectivity index (χ2v) is 13.8. The van der Waals surface area contributed by atoms with Gasteiger partial charge in [0.15, 0.2) is 17.6 Å². The molecular weight excluding hydrogens is 633 g/mol. The number of fused-ring (bicyclic) bond motifs is 1. The molecule has 1 fully saturated rings. The van der Waals surface area contributed by atoms with Crippen molar-refractivity contribution in [3.63, 3.8) is 0 Å². The maximum Gasteiger partial charge on any atom is 0.323 e. The van der Waals surface area contributed by atoms with Crippen molar-refractivity contribution in [2.75, 3.05) is 6.61 Å². The third-order valence-electron chi connectivity index (χ3n) is 6.68. The van der Waals surface area contributed by atoms with E-state index in [2.05, 4.69) is 5.09 Å². The van der Waals surface area contributed by atoms with Gasteiger partial charge in [-0.3, -0.25) is 19.3 Å². The van der Waals surface area contributed by atoms with Crippen LogP contribution in [0.4, 0.5) is 8.78 Å². The van der Waals surface area contributed by atoms with Crippen molar-refractivity contribution < 1.29 is 51.9 Å². The van der Waals surface area contributed by atoms with E-state index in [9.17, 15) is 33.4 Å². The van der Waals surface area contributed by atoms with E-state index in [0.29, 0.717) is 4.90 Å². The van der Waals surface area contributed by atoms with E-state index in [-0.39, 0.29) is 10.8 Å². The lowest BCUT2D eigenvalue weighted by Gasteiger charge is -2.35. The number of hydrogen-bond donors (Lipinski definition) is 3. The van der Waals surface area contributed by atoms with Gasteiger partial charge in [-0.05, 0) is 55.5 Å². The summed E-state index contributed by atoms with van der Waals surface area (Å²) in [5.74, 6) is -2.12. The van der Waals surface area contributed by atoms with E-state index in [0.717, 1.165) is 17.0 Å². The van der Waals surface area contributed by atoms with Gasteiger partial charge in [0, 0.05) is 6.20 Å². The predicted molar refractivity (Wildman–Crippen MR) is 155 cm³/mol. The molecule has 0 radical (unpaired) electrons. The van der Waals surface area contributed by atoms with Gasteiger partial charge in [-0.2, -0.15) is 0 Å². The number of esters is 1. The van der Waals surface area contributed by atoms with Crippen LogP contribution in [0.3, 0.4) is 0 Å². The molecule has 11 nitrogen and oxygen atoms in total. The Balaban J connectivity index is 1.63. The van der Waals surface area contributed by atoms with Crippen LogP contribution in [0.15, 0.2) is 53.7 Å². The smallest absolute Gasteiger partial charge is 0.323 e. The van der Waals surface area contributed by atoms with Gasteiger partial charge in [0.1, 0.15) is 29.0 Å². The fourth-order valence-corrected chi connectivity index (χ4v) is 7.04. The molecule has 0 aromatic heterocycles. The normalized spacial score (nSPS) is 26.5. The first-order valence-electron chi connectivity index (χ1n) is 13.1. The number of aliphatic hydroxyl groups is 2. The van der Waals surface area contributed by atoms with Crippen molar-refractivity contribution in [2.24, 2.45) is 0 Å². The van der Waals surface area contributed by atoms with Crippen LogP contribution in [-0.4, -0.2) is 82.0 Å². The molecule has 0 aliphatic carbocycles. The first-order chi connectivity index (χ1) is 20.2. The van der Waals surface area contributed by atoms with Crippen molar-refractivity contribution in [3.8, 4) is 5.75 Å². The summed E-state index contributed by atoms with van der Waals surface area (Å²) in [7, 11) is 0. The second kappa shape index (κ2) is 13.2. The Morgan fingerprint density at radius 1 is 1.21 bits per heavy atom. The Morgan fingerprint density at radius 3 is 2.53 bits per heavy atom. The Labute approximate surface area is 255 Å². The molecule has 6 atom stereocenters. The monoisotopic (exact) mass is 662 g/mol. The van der Waals surface area contributed by atoms with Crippen molar-refractivity contribution in [1.82, 2.24) is 9.99 Å². The van der Waals surface area contributed by atoms with Gasteiger partial charge in [0.25, 0.3) is 6.43 Å². The Hall–Kier alpha value is -2.55. The summed E-state index contributed by atoms with van der Waals surface area (Å²) in [6, 6.07) is 11.2. The maximum atomic E-state index is 14.7. The van der Waals surface area contributed by atoms with Gasteiger partial charge >= 0.3 is 12.6 Å². The van der Waals surface area contributed by atoms with E-state index in [1.54, 1.807) is 38.1 Å². The zero-order chi connectivity index (χ0) is 31.7. The molecule has 0 spiro atoms. The lowest BCUT2D eigenvalue weighted by Crippen LogP contribution is -2.53. The largest absolute Gasteiger partial charge is 0.462 e. The van der Waals surface area contributed by atoms with E-state index in [4.69, 9.17) is 41.9 Å². The van der Waals surface area contributed by atoms with Crippen LogP contribution in [0, 0.1) is 0 Å². The van der Waals surface area contributed by atoms with Gasteiger partial charge in [-0.25, -0.2) is 13.9 Å². The van der Waals surface area contributed by atoms with E-state index >= 15 is 0 Å². The molecule has 0 saturated carbocycles. The number of nitrogens with one attached hydrogen (secondary N) is 1. The van der Waals surface area contributed by atoms with Crippen LogP contribution >= 0.6 is 18.2 Å². The first-order valence-corrected chi connectivity index (χ1v) is 16.1. The predicted octanol–water partition coefficient (Wildman–Crippen LogP) is 3.35. The fourth-order valence-electron chi connectivity index (χ4n) is 4.45. The van der Waals surface area contributed by atoms with Crippen molar-refractivity contribution >= 4 is 58.5 Å². The third kappa shape index (κ3) is 7.23. The summed E-state index contributed by atoms with van der Waals surface area (Å²) < 4.78 is 51.7. The number of nitrogens with zero attached hydrogens (tertiary/aromatic N) is 1. The molecule has 2 aromatic carbocycles. The number of Topliss-reactive ketones (excluding diaryl/α,β-unsaturated/α-hetero) is 1. The van der Waals surface area contributed by atoms with Crippen LogP contribution in [0.1, 0.15) is 27.2 Å². The Kier molecular flexibility index (Phi) is 10.2. The minimum atomic E-state index is -3.92. The molecule has 43 heavy (non-hydrogen) atoms. The van der Waals surface area contributed by atoms with Gasteiger partial charge in [-0.1, -0.05) is 41.9 Å². The number of rotatable bonds is 11. The average molecular weight is 663 g/mol. The number of hydrogen-bond acceptors (Lipinski definition) is 10. The molecule has 0 bridgehead atoms. The quantitative estimate of drug-likeness (QED) is 0.185. The summed E-state index contributed by atoms with van der Waals surface area (Å²) in [4.78, 5) is 37.5. The number of carbonyl (C=O) groups is 3.